The third-order valence-corrected chi connectivity index (χ3v) is 3.41. The molecule has 0 spiro atoms. The van der Waals surface area contributed by atoms with E-state index >= 15 is 0 Å². The first-order valence-electron chi connectivity index (χ1n) is 6.18. The summed E-state index contributed by atoms with van der Waals surface area (Å²) in [6.45, 7) is 7.32. The highest BCUT2D eigenvalue weighted by Gasteiger charge is 2.39. The predicted molar refractivity (Wildman–Crippen MR) is 66.3 cm³/mol. The van der Waals surface area contributed by atoms with Crippen LogP contribution in [-0.4, -0.2) is 41.9 Å². The van der Waals surface area contributed by atoms with E-state index in [1.165, 1.54) is 0 Å². The highest BCUT2D eigenvalue weighted by Crippen LogP contribution is 2.19. The molecule has 3 N–H and O–H groups in total. The first-order valence-corrected chi connectivity index (χ1v) is 6.18. The van der Waals surface area contributed by atoms with Crippen molar-refractivity contribution in [2.24, 2.45) is 11.7 Å². The van der Waals surface area contributed by atoms with Crippen molar-refractivity contribution in [3.05, 3.63) is 0 Å². The van der Waals surface area contributed by atoms with Gasteiger partial charge in [-0.25, -0.2) is 0 Å². The highest BCUT2D eigenvalue weighted by atomic mass is 16.2. The summed E-state index contributed by atoms with van der Waals surface area (Å²) in [7, 11) is 0. The van der Waals surface area contributed by atoms with E-state index in [1.807, 2.05) is 6.92 Å². The Morgan fingerprint density at radius 1 is 1.59 bits per heavy atom. The van der Waals surface area contributed by atoms with Crippen molar-refractivity contribution in [3.8, 4) is 0 Å². The monoisotopic (exact) mass is 241 g/mol. The van der Waals surface area contributed by atoms with Crippen LogP contribution in [0.5, 0.6) is 0 Å². The molecule has 1 fully saturated rings. The van der Waals surface area contributed by atoms with Gasteiger partial charge in [0.05, 0.1) is 0 Å². The first-order chi connectivity index (χ1) is 7.89. The Morgan fingerprint density at radius 3 is 2.82 bits per heavy atom. The molecule has 1 saturated heterocycles. The zero-order valence-electron chi connectivity index (χ0n) is 11.0. The zero-order valence-corrected chi connectivity index (χ0v) is 11.0. The number of nitrogens with zero attached hydrogens (tertiary/aromatic N) is 1. The molecule has 1 heterocycles. The van der Waals surface area contributed by atoms with Crippen LogP contribution in [0.15, 0.2) is 0 Å². The van der Waals surface area contributed by atoms with E-state index in [-0.39, 0.29) is 11.8 Å². The number of hydrogen-bond donors (Lipinski definition) is 2. The molecule has 0 aromatic heterocycles. The maximum Gasteiger partial charge on any atom is 0.245 e. The lowest BCUT2D eigenvalue weighted by atomic mass is 9.97. The van der Waals surface area contributed by atoms with E-state index in [0.29, 0.717) is 32.0 Å². The van der Waals surface area contributed by atoms with Crippen molar-refractivity contribution in [1.82, 2.24) is 10.2 Å². The molecule has 1 rings (SSSR count). The quantitative estimate of drug-likeness (QED) is 0.733. The van der Waals surface area contributed by atoms with Crippen LogP contribution in [0.2, 0.25) is 0 Å². The minimum Gasteiger partial charge on any atom is -0.352 e. The molecule has 1 aliphatic heterocycles. The van der Waals surface area contributed by atoms with E-state index in [1.54, 1.807) is 18.7 Å². The Labute approximate surface area is 103 Å². The molecule has 5 nitrogen and oxygen atoms in total. The number of piperazine rings is 1. The lowest BCUT2D eigenvalue weighted by Crippen LogP contribution is -2.63. The fourth-order valence-corrected chi connectivity index (χ4v) is 1.96. The summed E-state index contributed by atoms with van der Waals surface area (Å²) in [5.41, 5.74) is 4.79. The molecule has 98 valence electrons. The van der Waals surface area contributed by atoms with Crippen molar-refractivity contribution < 1.29 is 9.59 Å². The van der Waals surface area contributed by atoms with Crippen molar-refractivity contribution in [2.75, 3.05) is 19.6 Å². The van der Waals surface area contributed by atoms with E-state index in [0.717, 1.165) is 6.42 Å². The number of rotatable bonds is 4. The van der Waals surface area contributed by atoms with Crippen LogP contribution < -0.4 is 11.1 Å². The number of amides is 2. The molecule has 0 aliphatic carbocycles. The van der Waals surface area contributed by atoms with Crippen LogP contribution >= 0.6 is 0 Å². The summed E-state index contributed by atoms with van der Waals surface area (Å²) in [5, 5.41) is 2.78. The number of carbonyl (C=O) groups is 2. The molecule has 0 bridgehead atoms. The Kier molecular flexibility index (Phi) is 4.51. The van der Waals surface area contributed by atoms with E-state index in [2.05, 4.69) is 5.32 Å². The van der Waals surface area contributed by atoms with Gasteiger partial charge >= 0.3 is 0 Å². The topological polar surface area (TPSA) is 75.4 Å². The molecule has 0 radical (unpaired) electrons. The van der Waals surface area contributed by atoms with Gasteiger partial charge in [0.1, 0.15) is 5.54 Å². The van der Waals surface area contributed by atoms with Gasteiger partial charge in [0, 0.05) is 19.5 Å². The maximum atomic E-state index is 12.1. The molecule has 17 heavy (non-hydrogen) atoms. The average molecular weight is 241 g/mol. The molecule has 2 amide bonds. The maximum absolute atomic E-state index is 12.1. The SMILES string of the molecule is CC(CN)CCC(=O)N1CCNC(=O)C1(C)C. The summed E-state index contributed by atoms with van der Waals surface area (Å²) >= 11 is 0. The molecule has 0 saturated carbocycles. The fraction of sp³-hybridized carbons (Fsp3) is 0.833. The second-order valence-electron chi connectivity index (χ2n) is 5.24. The van der Waals surface area contributed by atoms with E-state index in [9.17, 15) is 9.59 Å². The summed E-state index contributed by atoms with van der Waals surface area (Å²) in [4.78, 5) is 25.5. The number of hydrogen-bond acceptors (Lipinski definition) is 3. The smallest absolute Gasteiger partial charge is 0.245 e. The standard InChI is InChI=1S/C12H23N3O2/c1-9(8-13)4-5-10(16)15-7-6-14-11(17)12(15,2)3/h9H,4-8,13H2,1-3H3,(H,14,17). The fourth-order valence-electron chi connectivity index (χ4n) is 1.96. The molecule has 5 heteroatoms. The molecular formula is C12H23N3O2. The number of carbonyl (C=O) groups excluding carboxylic acids is 2. The van der Waals surface area contributed by atoms with Gasteiger partial charge in [0.2, 0.25) is 11.8 Å². The van der Waals surface area contributed by atoms with Gasteiger partial charge in [-0.15, -0.1) is 0 Å². The zero-order chi connectivity index (χ0) is 13.1. The second kappa shape index (κ2) is 5.49. The van der Waals surface area contributed by atoms with Crippen LogP contribution in [0.25, 0.3) is 0 Å². The molecule has 1 aliphatic rings. The average Bonchev–Trinajstić information content (AvgIpc) is 2.29. The lowest BCUT2D eigenvalue weighted by molar-refractivity contribution is -0.149. The summed E-state index contributed by atoms with van der Waals surface area (Å²) in [6, 6.07) is 0. The predicted octanol–water partition coefficient (Wildman–Crippen LogP) is 0.0984. The molecule has 0 aromatic carbocycles. The Balaban J connectivity index is 2.58. The normalized spacial score (nSPS) is 20.9. The van der Waals surface area contributed by atoms with Crippen LogP contribution in [0.3, 0.4) is 0 Å². The van der Waals surface area contributed by atoms with Crippen LogP contribution in [0.1, 0.15) is 33.6 Å². The van der Waals surface area contributed by atoms with Gasteiger partial charge in [-0.1, -0.05) is 6.92 Å². The lowest BCUT2D eigenvalue weighted by Gasteiger charge is -2.41. The van der Waals surface area contributed by atoms with Crippen molar-refractivity contribution in [3.63, 3.8) is 0 Å². The summed E-state index contributed by atoms with van der Waals surface area (Å²) in [6.07, 6.45) is 1.25. The Hall–Kier alpha value is -1.10. The minimum atomic E-state index is -0.735. The van der Waals surface area contributed by atoms with Crippen LogP contribution in [-0.2, 0) is 9.59 Å². The summed E-state index contributed by atoms with van der Waals surface area (Å²) < 4.78 is 0. The molecule has 0 aromatic rings. The van der Waals surface area contributed by atoms with E-state index < -0.39 is 5.54 Å². The largest absolute Gasteiger partial charge is 0.352 e. The van der Waals surface area contributed by atoms with Crippen molar-refractivity contribution in [2.45, 2.75) is 39.2 Å². The number of nitrogens with two attached hydrogens (primary N) is 1. The van der Waals surface area contributed by atoms with E-state index in [4.69, 9.17) is 5.73 Å². The van der Waals surface area contributed by atoms with Crippen LogP contribution in [0, 0.1) is 5.92 Å². The van der Waals surface area contributed by atoms with Gasteiger partial charge in [-0.2, -0.15) is 0 Å². The van der Waals surface area contributed by atoms with Gasteiger partial charge in [0.15, 0.2) is 0 Å². The van der Waals surface area contributed by atoms with Gasteiger partial charge in [-0.3, -0.25) is 9.59 Å². The van der Waals surface area contributed by atoms with Gasteiger partial charge < -0.3 is 16.0 Å². The van der Waals surface area contributed by atoms with Gasteiger partial charge in [-0.05, 0) is 32.7 Å². The summed E-state index contributed by atoms with van der Waals surface area (Å²) in [5.74, 6) is 0.315. The second-order valence-corrected chi connectivity index (χ2v) is 5.24. The molecular weight excluding hydrogens is 218 g/mol. The number of nitrogens with one attached hydrogen (secondary N) is 1. The molecule has 1 atom stereocenters. The third kappa shape index (κ3) is 3.19. The van der Waals surface area contributed by atoms with Crippen molar-refractivity contribution >= 4 is 11.8 Å². The first kappa shape index (κ1) is 14.0. The third-order valence-electron chi connectivity index (χ3n) is 3.41. The van der Waals surface area contributed by atoms with Gasteiger partial charge in [0.25, 0.3) is 0 Å². The Bertz CT molecular complexity index is 302. The van der Waals surface area contributed by atoms with Crippen molar-refractivity contribution in [1.29, 1.82) is 0 Å². The minimum absolute atomic E-state index is 0.0464. The molecule has 1 unspecified atom stereocenters. The van der Waals surface area contributed by atoms with Crippen LogP contribution in [0.4, 0.5) is 0 Å². The highest BCUT2D eigenvalue weighted by molar-refractivity contribution is 5.91. The Morgan fingerprint density at radius 2 is 2.24 bits per heavy atom.